The standard InChI is InChI=1S/C12H13N5O3/c1-8(12(19)20)14-11(18)6-9-2-4-10(5-3-9)17-7-13-15-16-17/h2-5,7-8H,6H2,1H3,(H,14,18)(H,19,20)/t8-/m0/s1. The molecule has 0 unspecified atom stereocenters. The minimum absolute atomic E-state index is 0.119. The molecule has 1 atom stereocenters. The highest BCUT2D eigenvalue weighted by atomic mass is 16.4. The van der Waals surface area contributed by atoms with Crippen LogP contribution >= 0.6 is 0 Å². The van der Waals surface area contributed by atoms with Crippen LogP contribution in [-0.4, -0.2) is 43.2 Å². The van der Waals surface area contributed by atoms with Crippen molar-refractivity contribution in [3.8, 4) is 5.69 Å². The zero-order valence-corrected chi connectivity index (χ0v) is 10.7. The third-order valence-corrected chi connectivity index (χ3v) is 2.66. The first-order chi connectivity index (χ1) is 9.56. The molecule has 0 spiro atoms. The maximum Gasteiger partial charge on any atom is 0.325 e. The second-order valence-corrected chi connectivity index (χ2v) is 4.23. The van der Waals surface area contributed by atoms with E-state index in [1.54, 1.807) is 24.3 Å². The van der Waals surface area contributed by atoms with E-state index in [1.807, 2.05) is 0 Å². The molecule has 8 heteroatoms. The molecule has 0 aliphatic rings. The van der Waals surface area contributed by atoms with E-state index in [0.717, 1.165) is 11.3 Å². The van der Waals surface area contributed by atoms with Crippen molar-refractivity contribution in [1.82, 2.24) is 25.5 Å². The summed E-state index contributed by atoms with van der Waals surface area (Å²) in [5, 5.41) is 21.9. The van der Waals surface area contributed by atoms with Gasteiger partial charge in [0.25, 0.3) is 0 Å². The molecule has 104 valence electrons. The zero-order chi connectivity index (χ0) is 14.5. The fourth-order valence-electron chi connectivity index (χ4n) is 1.59. The first kappa shape index (κ1) is 13.7. The van der Waals surface area contributed by atoms with Crippen LogP contribution in [0.25, 0.3) is 5.69 Å². The molecule has 2 rings (SSSR count). The van der Waals surface area contributed by atoms with Gasteiger partial charge in [0.1, 0.15) is 12.4 Å². The van der Waals surface area contributed by atoms with Crippen molar-refractivity contribution in [2.75, 3.05) is 0 Å². The van der Waals surface area contributed by atoms with Gasteiger partial charge in [-0.05, 0) is 35.0 Å². The van der Waals surface area contributed by atoms with Crippen molar-refractivity contribution in [2.45, 2.75) is 19.4 Å². The van der Waals surface area contributed by atoms with Crippen LogP contribution < -0.4 is 5.32 Å². The first-order valence-electron chi connectivity index (χ1n) is 5.91. The first-order valence-corrected chi connectivity index (χ1v) is 5.91. The number of carboxylic acid groups (broad SMARTS) is 1. The minimum Gasteiger partial charge on any atom is -0.480 e. The number of hydrogen-bond donors (Lipinski definition) is 2. The van der Waals surface area contributed by atoms with Gasteiger partial charge in [0.2, 0.25) is 5.91 Å². The number of tetrazole rings is 1. The number of amides is 1. The number of carbonyl (C=O) groups is 2. The largest absolute Gasteiger partial charge is 0.480 e. The molecule has 2 N–H and O–H groups in total. The molecule has 0 aliphatic heterocycles. The van der Waals surface area contributed by atoms with Crippen molar-refractivity contribution in [3.05, 3.63) is 36.2 Å². The number of rotatable bonds is 5. The van der Waals surface area contributed by atoms with E-state index in [4.69, 9.17) is 5.11 Å². The highest BCUT2D eigenvalue weighted by Gasteiger charge is 2.13. The molecule has 1 aromatic carbocycles. The Morgan fingerprint density at radius 3 is 2.60 bits per heavy atom. The third kappa shape index (κ3) is 3.37. The third-order valence-electron chi connectivity index (χ3n) is 2.66. The summed E-state index contributed by atoms with van der Waals surface area (Å²) in [4.78, 5) is 22.3. The summed E-state index contributed by atoms with van der Waals surface area (Å²) in [6.45, 7) is 1.42. The molecular formula is C12H13N5O3. The van der Waals surface area contributed by atoms with Crippen LogP contribution in [-0.2, 0) is 16.0 Å². The summed E-state index contributed by atoms with van der Waals surface area (Å²) in [5.41, 5.74) is 1.55. The van der Waals surface area contributed by atoms with E-state index in [-0.39, 0.29) is 12.3 Å². The molecule has 0 bridgehead atoms. The Kier molecular flexibility index (Phi) is 4.04. The van der Waals surface area contributed by atoms with E-state index in [9.17, 15) is 9.59 Å². The van der Waals surface area contributed by atoms with Crippen molar-refractivity contribution < 1.29 is 14.7 Å². The van der Waals surface area contributed by atoms with E-state index in [1.165, 1.54) is 17.9 Å². The SMILES string of the molecule is C[C@H](NC(=O)Cc1ccc(-n2cnnn2)cc1)C(=O)O. The van der Waals surface area contributed by atoms with E-state index >= 15 is 0 Å². The van der Waals surface area contributed by atoms with Gasteiger partial charge < -0.3 is 10.4 Å². The Morgan fingerprint density at radius 1 is 1.35 bits per heavy atom. The summed E-state index contributed by atoms with van der Waals surface area (Å²) in [7, 11) is 0. The number of carboxylic acids is 1. The zero-order valence-electron chi connectivity index (χ0n) is 10.7. The fraction of sp³-hybridized carbons (Fsp3) is 0.250. The second kappa shape index (κ2) is 5.91. The maximum absolute atomic E-state index is 11.6. The molecule has 1 amide bonds. The van der Waals surface area contributed by atoms with Gasteiger partial charge in [-0.3, -0.25) is 9.59 Å². The molecule has 0 saturated heterocycles. The molecule has 20 heavy (non-hydrogen) atoms. The second-order valence-electron chi connectivity index (χ2n) is 4.23. The average Bonchev–Trinajstić information content (AvgIpc) is 2.93. The van der Waals surface area contributed by atoms with Gasteiger partial charge in [-0.15, -0.1) is 5.10 Å². The molecule has 1 heterocycles. The number of hydrogen-bond acceptors (Lipinski definition) is 5. The average molecular weight is 275 g/mol. The number of nitrogens with zero attached hydrogens (tertiary/aromatic N) is 4. The summed E-state index contributed by atoms with van der Waals surface area (Å²) in [5.74, 6) is -1.40. The number of aliphatic carboxylic acids is 1. The fourth-order valence-corrected chi connectivity index (χ4v) is 1.59. The van der Waals surface area contributed by atoms with Crippen LogP contribution in [0.1, 0.15) is 12.5 Å². The molecule has 0 saturated carbocycles. The Morgan fingerprint density at radius 2 is 2.05 bits per heavy atom. The van der Waals surface area contributed by atoms with Crippen molar-refractivity contribution in [3.63, 3.8) is 0 Å². The van der Waals surface area contributed by atoms with Gasteiger partial charge in [-0.1, -0.05) is 12.1 Å². The smallest absolute Gasteiger partial charge is 0.325 e. The number of nitrogens with one attached hydrogen (secondary N) is 1. The summed E-state index contributed by atoms with van der Waals surface area (Å²) < 4.78 is 1.50. The number of benzene rings is 1. The molecule has 1 aromatic heterocycles. The van der Waals surface area contributed by atoms with Gasteiger partial charge in [-0.2, -0.15) is 0 Å². The normalized spacial score (nSPS) is 11.8. The van der Waals surface area contributed by atoms with Gasteiger partial charge in [-0.25, -0.2) is 4.68 Å². The molecule has 8 nitrogen and oxygen atoms in total. The highest BCUT2D eigenvalue weighted by Crippen LogP contribution is 2.08. The predicted molar refractivity (Wildman–Crippen MR) is 68.1 cm³/mol. The van der Waals surface area contributed by atoms with Gasteiger partial charge in [0, 0.05) is 0 Å². The Labute approximate surface area is 114 Å². The van der Waals surface area contributed by atoms with Crippen molar-refractivity contribution in [2.24, 2.45) is 0 Å². The highest BCUT2D eigenvalue weighted by molar-refractivity contribution is 5.84. The topological polar surface area (TPSA) is 110 Å². The van der Waals surface area contributed by atoms with Crippen molar-refractivity contribution in [1.29, 1.82) is 0 Å². The van der Waals surface area contributed by atoms with Crippen LogP contribution in [0, 0.1) is 0 Å². The van der Waals surface area contributed by atoms with Crippen LogP contribution in [0.15, 0.2) is 30.6 Å². The monoisotopic (exact) mass is 275 g/mol. The Hall–Kier alpha value is -2.77. The quantitative estimate of drug-likeness (QED) is 0.781. The number of carbonyl (C=O) groups excluding carboxylic acids is 1. The molecule has 0 aliphatic carbocycles. The van der Waals surface area contributed by atoms with Crippen LogP contribution in [0.3, 0.4) is 0 Å². The number of aromatic nitrogens is 4. The van der Waals surface area contributed by atoms with E-state index in [0.29, 0.717) is 0 Å². The predicted octanol–water partition coefficient (Wildman–Crippen LogP) is -0.206. The van der Waals surface area contributed by atoms with Gasteiger partial charge in [0.15, 0.2) is 0 Å². The molecule has 0 radical (unpaired) electrons. The maximum atomic E-state index is 11.6. The van der Waals surface area contributed by atoms with E-state index in [2.05, 4.69) is 20.8 Å². The molecular weight excluding hydrogens is 262 g/mol. The van der Waals surface area contributed by atoms with Gasteiger partial charge in [0.05, 0.1) is 12.1 Å². The van der Waals surface area contributed by atoms with Crippen LogP contribution in [0.2, 0.25) is 0 Å². The van der Waals surface area contributed by atoms with Crippen LogP contribution in [0.4, 0.5) is 0 Å². The lowest BCUT2D eigenvalue weighted by atomic mass is 10.1. The minimum atomic E-state index is -1.06. The van der Waals surface area contributed by atoms with Crippen molar-refractivity contribution >= 4 is 11.9 Å². The lowest BCUT2D eigenvalue weighted by Crippen LogP contribution is -2.39. The summed E-state index contributed by atoms with van der Waals surface area (Å²) in [6.07, 6.45) is 1.59. The van der Waals surface area contributed by atoms with E-state index < -0.39 is 12.0 Å². The molecule has 0 fully saturated rings. The molecule has 2 aromatic rings. The van der Waals surface area contributed by atoms with Crippen LogP contribution in [0.5, 0.6) is 0 Å². The van der Waals surface area contributed by atoms with Gasteiger partial charge >= 0.3 is 5.97 Å². The lowest BCUT2D eigenvalue weighted by Gasteiger charge is -2.09. The Bertz CT molecular complexity index is 594. The summed E-state index contributed by atoms with van der Waals surface area (Å²) in [6, 6.07) is 6.19. The Balaban J connectivity index is 1.97. The summed E-state index contributed by atoms with van der Waals surface area (Å²) >= 11 is 0. The lowest BCUT2D eigenvalue weighted by molar-refractivity contribution is -0.141.